The van der Waals surface area contributed by atoms with Crippen molar-refractivity contribution in [3.63, 3.8) is 0 Å². The van der Waals surface area contributed by atoms with Crippen molar-refractivity contribution in [3.8, 4) is 0 Å². The Labute approximate surface area is 106 Å². The molecule has 92 valence electrons. The van der Waals surface area contributed by atoms with Crippen LogP contribution in [0.1, 0.15) is 17.2 Å². The van der Waals surface area contributed by atoms with Crippen molar-refractivity contribution in [1.82, 2.24) is 10.6 Å². The molecular weight excluding hydrogens is 234 g/mol. The Bertz CT molecular complexity index is 422. The number of para-hydroxylation sites is 1. The van der Waals surface area contributed by atoms with Crippen molar-refractivity contribution in [2.45, 2.75) is 13.0 Å². The molecule has 5 heteroatoms. The predicted octanol–water partition coefficient (Wildman–Crippen LogP) is 0.918. The zero-order valence-corrected chi connectivity index (χ0v) is 10.6. The summed E-state index contributed by atoms with van der Waals surface area (Å²) in [5, 5.41) is 18.9. The maximum atomic E-state index is 8.71. The fourth-order valence-electron chi connectivity index (χ4n) is 2.04. The van der Waals surface area contributed by atoms with Gasteiger partial charge in [-0.3, -0.25) is 0 Å². The van der Waals surface area contributed by atoms with Crippen LogP contribution in [0.15, 0.2) is 18.2 Å². The maximum Gasteiger partial charge on any atom is 0.166 e. The van der Waals surface area contributed by atoms with E-state index in [4.69, 9.17) is 17.3 Å². The Kier molecular flexibility index (Phi) is 3.81. The number of hydrogen-bond donors (Lipinski definition) is 4. The second kappa shape index (κ2) is 5.33. The molecule has 1 aliphatic rings. The first-order valence-electron chi connectivity index (χ1n) is 5.71. The highest BCUT2D eigenvalue weighted by Gasteiger charge is 2.23. The quantitative estimate of drug-likeness (QED) is 0.602. The van der Waals surface area contributed by atoms with E-state index in [1.54, 1.807) is 0 Å². The highest BCUT2D eigenvalue weighted by molar-refractivity contribution is 7.80. The van der Waals surface area contributed by atoms with Gasteiger partial charge in [-0.2, -0.15) is 0 Å². The molecule has 17 heavy (non-hydrogen) atoms. The van der Waals surface area contributed by atoms with Crippen LogP contribution in [0.4, 0.5) is 5.69 Å². The molecule has 0 saturated carbocycles. The molecule has 0 fully saturated rings. The molecule has 0 amide bonds. The van der Waals surface area contributed by atoms with Crippen LogP contribution < -0.4 is 16.0 Å². The number of fused-ring (bicyclic) bond motifs is 1. The maximum absolute atomic E-state index is 8.71. The number of aryl methyl sites for hydroxylation is 1. The predicted molar refractivity (Wildman–Crippen MR) is 73.2 cm³/mol. The third-order valence-corrected chi connectivity index (χ3v) is 3.13. The fraction of sp³-hybridized carbons (Fsp3) is 0.417. The van der Waals surface area contributed by atoms with E-state index in [1.165, 1.54) is 16.8 Å². The number of rotatable bonds is 3. The van der Waals surface area contributed by atoms with Gasteiger partial charge in [0.2, 0.25) is 0 Å². The molecule has 1 heterocycles. The molecule has 1 aliphatic heterocycles. The molecule has 1 atom stereocenters. The summed E-state index contributed by atoms with van der Waals surface area (Å²) < 4.78 is 0. The smallest absolute Gasteiger partial charge is 0.166 e. The van der Waals surface area contributed by atoms with Gasteiger partial charge >= 0.3 is 0 Å². The Hall–Kier alpha value is -1.33. The van der Waals surface area contributed by atoms with Crippen LogP contribution in [0, 0.1) is 6.92 Å². The van der Waals surface area contributed by atoms with Crippen LogP contribution in [-0.4, -0.2) is 29.9 Å². The number of aliphatic hydroxyl groups is 1. The van der Waals surface area contributed by atoms with Crippen LogP contribution in [0.3, 0.4) is 0 Å². The summed E-state index contributed by atoms with van der Waals surface area (Å²) >= 11 is 5.16. The van der Waals surface area contributed by atoms with E-state index in [-0.39, 0.29) is 12.6 Å². The van der Waals surface area contributed by atoms with E-state index in [1.807, 2.05) is 0 Å². The minimum Gasteiger partial charge on any atom is -0.395 e. The fourth-order valence-corrected chi connectivity index (χ4v) is 2.29. The second-order valence-electron chi connectivity index (χ2n) is 4.10. The topological polar surface area (TPSA) is 56.3 Å². The molecule has 0 radical (unpaired) electrons. The van der Waals surface area contributed by atoms with Gasteiger partial charge in [0, 0.05) is 18.8 Å². The zero-order valence-electron chi connectivity index (χ0n) is 9.79. The summed E-state index contributed by atoms with van der Waals surface area (Å²) in [6.07, 6.45) is 0. The summed E-state index contributed by atoms with van der Waals surface area (Å²) in [5.41, 5.74) is 3.70. The SMILES string of the molecule is Cc1cccc2c1NCC2NC(=S)NCCO. The van der Waals surface area contributed by atoms with Crippen LogP contribution in [0.2, 0.25) is 0 Å². The van der Waals surface area contributed by atoms with Gasteiger partial charge in [0.15, 0.2) is 5.11 Å². The molecule has 2 rings (SSSR count). The normalized spacial score (nSPS) is 17.2. The van der Waals surface area contributed by atoms with Crippen LogP contribution in [0.25, 0.3) is 0 Å². The Morgan fingerprint density at radius 1 is 1.59 bits per heavy atom. The lowest BCUT2D eigenvalue weighted by Gasteiger charge is -2.16. The lowest BCUT2D eigenvalue weighted by atomic mass is 10.1. The number of hydrogen-bond acceptors (Lipinski definition) is 3. The van der Waals surface area contributed by atoms with Gasteiger partial charge < -0.3 is 21.1 Å². The first-order chi connectivity index (χ1) is 8.22. The van der Waals surface area contributed by atoms with Gasteiger partial charge in [0.1, 0.15) is 0 Å². The minimum atomic E-state index is 0.0838. The monoisotopic (exact) mass is 251 g/mol. The first-order valence-corrected chi connectivity index (χ1v) is 6.12. The van der Waals surface area contributed by atoms with Crippen molar-refractivity contribution in [3.05, 3.63) is 29.3 Å². The molecule has 0 spiro atoms. The van der Waals surface area contributed by atoms with Gasteiger partial charge in [-0.15, -0.1) is 0 Å². The summed E-state index contributed by atoms with van der Waals surface area (Å²) in [6, 6.07) is 6.45. The van der Waals surface area contributed by atoms with E-state index in [0.29, 0.717) is 11.7 Å². The molecule has 1 aromatic rings. The van der Waals surface area contributed by atoms with E-state index >= 15 is 0 Å². The lowest BCUT2D eigenvalue weighted by molar-refractivity contribution is 0.300. The third kappa shape index (κ3) is 2.68. The molecular formula is C12H17N3OS. The summed E-state index contributed by atoms with van der Waals surface area (Å²) in [7, 11) is 0. The zero-order chi connectivity index (χ0) is 12.3. The summed E-state index contributed by atoms with van der Waals surface area (Å²) in [4.78, 5) is 0. The number of anilines is 1. The van der Waals surface area contributed by atoms with Crippen molar-refractivity contribution in [1.29, 1.82) is 0 Å². The lowest BCUT2D eigenvalue weighted by Crippen LogP contribution is -2.39. The summed E-state index contributed by atoms with van der Waals surface area (Å²) in [6.45, 7) is 3.49. The van der Waals surface area contributed by atoms with Gasteiger partial charge in [-0.25, -0.2) is 0 Å². The molecule has 0 aromatic heterocycles. The van der Waals surface area contributed by atoms with Gasteiger partial charge in [0.05, 0.1) is 12.6 Å². The van der Waals surface area contributed by atoms with Crippen molar-refractivity contribution >= 4 is 23.0 Å². The van der Waals surface area contributed by atoms with Crippen LogP contribution in [-0.2, 0) is 0 Å². The van der Waals surface area contributed by atoms with E-state index in [2.05, 4.69) is 41.1 Å². The van der Waals surface area contributed by atoms with Crippen molar-refractivity contribution in [2.24, 2.45) is 0 Å². The van der Waals surface area contributed by atoms with E-state index in [9.17, 15) is 0 Å². The molecule has 4 nitrogen and oxygen atoms in total. The molecule has 1 unspecified atom stereocenters. The van der Waals surface area contributed by atoms with Gasteiger partial charge in [-0.1, -0.05) is 18.2 Å². The molecule has 1 aromatic carbocycles. The number of aliphatic hydroxyl groups excluding tert-OH is 1. The third-order valence-electron chi connectivity index (χ3n) is 2.87. The number of nitrogens with one attached hydrogen (secondary N) is 3. The van der Waals surface area contributed by atoms with Crippen LogP contribution >= 0.6 is 12.2 Å². The highest BCUT2D eigenvalue weighted by Crippen LogP contribution is 2.32. The highest BCUT2D eigenvalue weighted by atomic mass is 32.1. The van der Waals surface area contributed by atoms with Gasteiger partial charge in [0.25, 0.3) is 0 Å². The van der Waals surface area contributed by atoms with Crippen molar-refractivity contribution in [2.75, 3.05) is 25.0 Å². The average molecular weight is 251 g/mol. The number of benzene rings is 1. The molecule has 0 aliphatic carbocycles. The first kappa shape index (κ1) is 12.1. The Morgan fingerprint density at radius 3 is 3.18 bits per heavy atom. The Balaban J connectivity index is 2.02. The number of thiocarbonyl (C=S) groups is 1. The van der Waals surface area contributed by atoms with Gasteiger partial charge in [-0.05, 0) is 30.3 Å². The molecule has 0 saturated heterocycles. The minimum absolute atomic E-state index is 0.0838. The van der Waals surface area contributed by atoms with E-state index in [0.717, 1.165) is 6.54 Å². The Morgan fingerprint density at radius 2 is 2.41 bits per heavy atom. The van der Waals surface area contributed by atoms with Crippen LogP contribution in [0.5, 0.6) is 0 Å². The molecule has 0 bridgehead atoms. The van der Waals surface area contributed by atoms with E-state index < -0.39 is 0 Å². The standard InChI is InChI=1S/C12H17N3OS/c1-8-3-2-4-9-10(7-14-11(8)9)15-12(17)13-5-6-16/h2-4,10,14,16H,5-7H2,1H3,(H2,13,15,17). The second-order valence-corrected chi connectivity index (χ2v) is 4.50. The molecule has 4 N–H and O–H groups in total. The van der Waals surface area contributed by atoms with Crippen molar-refractivity contribution < 1.29 is 5.11 Å². The largest absolute Gasteiger partial charge is 0.395 e. The summed E-state index contributed by atoms with van der Waals surface area (Å²) in [5.74, 6) is 0. The average Bonchev–Trinajstić information content (AvgIpc) is 2.71.